The van der Waals surface area contributed by atoms with Crippen LogP contribution in [-0.2, 0) is 0 Å². The molecule has 16 heavy (non-hydrogen) atoms. The molecule has 0 rings (SSSR count). The first-order valence-corrected chi connectivity index (χ1v) is 6.51. The van der Waals surface area contributed by atoms with Gasteiger partial charge in [0.15, 0.2) is 0 Å². The summed E-state index contributed by atoms with van der Waals surface area (Å²) in [5.74, 6) is 0.844. The van der Waals surface area contributed by atoms with Gasteiger partial charge >= 0.3 is 0 Å². The van der Waals surface area contributed by atoms with E-state index in [0.717, 1.165) is 5.88 Å². The maximum absolute atomic E-state index is 5.60. The van der Waals surface area contributed by atoms with Crippen LogP contribution in [0.3, 0.4) is 0 Å². The lowest BCUT2D eigenvalue weighted by atomic mass is 10.1. The Bertz CT molecular complexity index is 82.3. The van der Waals surface area contributed by atoms with E-state index in [2.05, 4.69) is 6.92 Å². The van der Waals surface area contributed by atoms with Gasteiger partial charge in [0.1, 0.15) is 0 Å². The second-order valence-corrected chi connectivity index (χ2v) is 4.25. The van der Waals surface area contributed by atoms with Crippen LogP contribution in [0.2, 0.25) is 0 Å². The van der Waals surface area contributed by atoms with E-state index in [1.54, 1.807) is 0 Å². The highest BCUT2D eigenvalue weighted by molar-refractivity contribution is 6.17. The summed E-state index contributed by atoms with van der Waals surface area (Å²) >= 11 is 5.60. The molecule has 0 saturated carbocycles. The first kappa shape index (κ1) is 25.1. The lowest BCUT2D eigenvalue weighted by molar-refractivity contribution is 0.563. The van der Waals surface area contributed by atoms with Gasteiger partial charge in [0, 0.05) is 5.88 Å². The largest absolute Gasteiger partial charge is 0.344 e. The minimum atomic E-state index is 0. The topological polar surface area (TPSA) is 105 Å². The summed E-state index contributed by atoms with van der Waals surface area (Å²) in [6.07, 6.45) is 13.9. The van der Waals surface area contributed by atoms with Gasteiger partial charge in [0.2, 0.25) is 0 Å². The molecule has 4 heteroatoms. The highest BCUT2D eigenvalue weighted by atomic mass is 35.5. The average Bonchev–Trinajstić information content (AvgIpc) is 2.16. The van der Waals surface area contributed by atoms with Crippen LogP contribution in [0.25, 0.3) is 0 Å². The molecule has 0 aliphatic rings. The molecule has 0 amide bonds. The summed E-state index contributed by atoms with van der Waals surface area (Å²) in [6, 6.07) is 0. The maximum atomic E-state index is 5.60. The predicted molar refractivity (Wildman–Crippen MR) is 77.6 cm³/mol. The van der Waals surface area contributed by atoms with Crippen LogP contribution >= 0.6 is 11.6 Å². The van der Waals surface area contributed by atoms with E-state index in [4.69, 9.17) is 11.6 Å². The highest BCUT2D eigenvalue weighted by Gasteiger charge is 1.91. The van der Waals surface area contributed by atoms with Gasteiger partial charge in [-0.3, -0.25) is 0 Å². The van der Waals surface area contributed by atoms with Crippen molar-refractivity contribution in [1.29, 1.82) is 0 Å². The highest BCUT2D eigenvalue weighted by Crippen LogP contribution is 2.10. The van der Waals surface area contributed by atoms with Gasteiger partial charge in [-0.05, 0) is 6.42 Å². The molecule has 3 nitrogen and oxygen atoms in total. The Kier molecular flexibility index (Phi) is 38.3. The van der Waals surface area contributed by atoms with Crippen molar-refractivity contribution in [3.8, 4) is 0 Å². The molecule has 9 N–H and O–H groups in total. The molecule has 0 unspecified atom stereocenters. The molecule has 0 saturated heterocycles. The Balaban J connectivity index is -0.000000240. The third kappa shape index (κ3) is 23.8. The molecular formula is C12H34ClN3. The van der Waals surface area contributed by atoms with Crippen molar-refractivity contribution in [1.82, 2.24) is 18.5 Å². The molecule has 104 valence electrons. The smallest absolute Gasteiger partial charge is 0.0223 e. The van der Waals surface area contributed by atoms with E-state index in [1.807, 2.05) is 0 Å². The van der Waals surface area contributed by atoms with E-state index < -0.39 is 0 Å². The van der Waals surface area contributed by atoms with Crippen LogP contribution in [-0.4, -0.2) is 5.88 Å². The molecule has 0 aromatic heterocycles. The second-order valence-electron chi connectivity index (χ2n) is 3.87. The quantitative estimate of drug-likeness (QED) is 0.348. The van der Waals surface area contributed by atoms with Crippen molar-refractivity contribution in [3.63, 3.8) is 0 Å². The third-order valence-corrected chi connectivity index (χ3v) is 2.75. The molecular weight excluding hydrogens is 222 g/mol. The predicted octanol–water partition coefficient (Wildman–Crippen LogP) is 5.63. The molecule has 0 radical (unpaired) electrons. The van der Waals surface area contributed by atoms with Gasteiger partial charge in [-0.25, -0.2) is 0 Å². The van der Waals surface area contributed by atoms with Crippen LogP contribution in [0.1, 0.15) is 71.1 Å². The number of rotatable bonds is 10. The van der Waals surface area contributed by atoms with E-state index in [0.29, 0.717) is 0 Å². The Morgan fingerprint density at radius 1 is 0.562 bits per heavy atom. The molecule has 0 aliphatic heterocycles. The van der Waals surface area contributed by atoms with Crippen LogP contribution < -0.4 is 18.5 Å². The minimum absolute atomic E-state index is 0. The summed E-state index contributed by atoms with van der Waals surface area (Å²) in [7, 11) is 0. The standard InChI is InChI=1S/C12H25Cl.3H3N/c1-2-3-4-5-6-7-8-9-10-11-12-13;;;/h2-12H2,1H3;3*1H3. The molecule has 0 aliphatic carbocycles. The third-order valence-electron chi connectivity index (χ3n) is 2.49. The Hall–Kier alpha value is 0.170. The molecule has 0 spiro atoms. The van der Waals surface area contributed by atoms with Crippen molar-refractivity contribution >= 4 is 11.6 Å². The van der Waals surface area contributed by atoms with Gasteiger partial charge in [0.25, 0.3) is 0 Å². The van der Waals surface area contributed by atoms with E-state index in [-0.39, 0.29) is 18.5 Å². The van der Waals surface area contributed by atoms with Crippen molar-refractivity contribution in [3.05, 3.63) is 0 Å². The molecule has 0 bridgehead atoms. The lowest BCUT2D eigenvalue weighted by Gasteiger charge is -2.00. The van der Waals surface area contributed by atoms with Crippen LogP contribution in [0.4, 0.5) is 0 Å². The van der Waals surface area contributed by atoms with Crippen molar-refractivity contribution in [2.75, 3.05) is 5.88 Å². The van der Waals surface area contributed by atoms with Crippen molar-refractivity contribution in [2.24, 2.45) is 0 Å². The van der Waals surface area contributed by atoms with Gasteiger partial charge in [0.05, 0.1) is 0 Å². The molecule has 0 aromatic carbocycles. The van der Waals surface area contributed by atoms with Crippen LogP contribution in [0.5, 0.6) is 0 Å². The Morgan fingerprint density at radius 3 is 1.19 bits per heavy atom. The average molecular weight is 256 g/mol. The summed E-state index contributed by atoms with van der Waals surface area (Å²) in [6.45, 7) is 2.27. The minimum Gasteiger partial charge on any atom is -0.344 e. The second kappa shape index (κ2) is 24.4. The Labute approximate surface area is 107 Å². The molecule has 0 aromatic rings. The fraction of sp³-hybridized carbons (Fsp3) is 1.00. The van der Waals surface area contributed by atoms with Gasteiger partial charge in [-0.15, -0.1) is 11.6 Å². The number of hydrogen-bond acceptors (Lipinski definition) is 3. The summed E-state index contributed by atoms with van der Waals surface area (Å²) in [5.41, 5.74) is 0. The molecule has 0 heterocycles. The number of halogens is 1. The summed E-state index contributed by atoms with van der Waals surface area (Å²) < 4.78 is 0. The monoisotopic (exact) mass is 255 g/mol. The van der Waals surface area contributed by atoms with Crippen LogP contribution in [0.15, 0.2) is 0 Å². The summed E-state index contributed by atoms with van der Waals surface area (Å²) in [5, 5.41) is 0. The SMILES string of the molecule is CCCCCCCCCCCCCl.N.N.N. The normalized spacial score (nSPS) is 8.62. The zero-order valence-electron chi connectivity index (χ0n) is 11.3. The zero-order valence-corrected chi connectivity index (χ0v) is 12.0. The van der Waals surface area contributed by atoms with Crippen molar-refractivity contribution in [2.45, 2.75) is 71.1 Å². The zero-order chi connectivity index (χ0) is 9.78. The van der Waals surface area contributed by atoms with Gasteiger partial charge in [-0.2, -0.15) is 0 Å². The van der Waals surface area contributed by atoms with E-state index in [1.165, 1.54) is 64.2 Å². The Morgan fingerprint density at radius 2 is 0.875 bits per heavy atom. The summed E-state index contributed by atoms with van der Waals surface area (Å²) in [4.78, 5) is 0. The fourth-order valence-electron chi connectivity index (χ4n) is 1.58. The van der Waals surface area contributed by atoms with Gasteiger partial charge in [-0.1, -0.05) is 64.7 Å². The molecule has 0 atom stereocenters. The first-order chi connectivity index (χ1) is 6.41. The van der Waals surface area contributed by atoms with Crippen LogP contribution in [0, 0.1) is 0 Å². The number of hydrogen-bond donors (Lipinski definition) is 3. The lowest BCUT2D eigenvalue weighted by Crippen LogP contribution is -1.81. The van der Waals surface area contributed by atoms with E-state index in [9.17, 15) is 0 Å². The fourth-order valence-corrected chi connectivity index (χ4v) is 1.77. The number of unbranched alkanes of at least 4 members (excludes halogenated alkanes) is 9. The van der Waals surface area contributed by atoms with Gasteiger partial charge < -0.3 is 18.5 Å². The van der Waals surface area contributed by atoms with E-state index >= 15 is 0 Å². The first-order valence-electron chi connectivity index (χ1n) is 5.97. The molecule has 0 fully saturated rings. The maximum Gasteiger partial charge on any atom is 0.0223 e. The number of alkyl halides is 1. The van der Waals surface area contributed by atoms with Crippen molar-refractivity contribution < 1.29 is 0 Å².